The summed E-state index contributed by atoms with van der Waals surface area (Å²) in [4.78, 5) is 19.7. The van der Waals surface area contributed by atoms with E-state index < -0.39 is 4.92 Å². The lowest BCUT2D eigenvalue weighted by Crippen LogP contribution is -2.26. The van der Waals surface area contributed by atoms with E-state index in [2.05, 4.69) is 27.3 Å². The van der Waals surface area contributed by atoms with E-state index in [-0.39, 0.29) is 5.69 Å². The third-order valence-electron chi connectivity index (χ3n) is 4.99. The zero-order valence-electron chi connectivity index (χ0n) is 14.5. The molecule has 1 aliphatic carbocycles. The molecule has 0 unspecified atom stereocenters. The van der Waals surface area contributed by atoms with Crippen molar-refractivity contribution in [3.63, 3.8) is 0 Å². The van der Waals surface area contributed by atoms with Gasteiger partial charge in [-0.05, 0) is 37.7 Å². The molecule has 1 aliphatic rings. The third kappa shape index (κ3) is 3.10. The Kier molecular flexibility index (Phi) is 4.24. The molecule has 8 nitrogen and oxygen atoms in total. The molecule has 1 fully saturated rings. The monoisotopic (exact) mass is 352 g/mol. The molecule has 0 saturated heterocycles. The van der Waals surface area contributed by atoms with Crippen LogP contribution in [0.1, 0.15) is 32.6 Å². The highest BCUT2D eigenvalue weighted by Gasteiger charge is 2.20. The Hall–Kier alpha value is -3.03. The van der Waals surface area contributed by atoms with Crippen LogP contribution in [0.3, 0.4) is 0 Å². The van der Waals surface area contributed by atoms with Crippen molar-refractivity contribution < 1.29 is 4.92 Å². The van der Waals surface area contributed by atoms with Crippen LogP contribution in [0.4, 0.5) is 11.6 Å². The summed E-state index contributed by atoms with van der Waals surface area (Å²) in [6.07, 6.45) is 7.85. The Bertz CT molecular complexity index is 946. The summed E-state index contributed by atoms with van der Waals surface area (Å²) >= 11 is 0. The topological polar surface area (TPSA) is 98.8 Å². The first kappa shape index (κ1) is 16.4. The molecule has 0 bridgehead atoms. The molecule has 1 aromatic carbocycles. The summed E-state index contributed by atoms with van der Waals surface area (Å²) in [5.41, 5.74) is 0.688. The standard InChI is InChI=1S/C18H20N6O2/c1-12-5-7-13(8-6-12)21-18-19-10-9-17(22-18)23-15-3-2-4-16(24(25)26)14(15)11-20-23/h2-4,9-13H,5-8H2,1H3,(H,19,21,22)/t12-,13-. The number of nitrogens with zero attached hydrogens (tertiary/aromatic N) is 5. The summed E-state index contributed by atoms with van der Waals surface area (Å²) in [6, 6.07) is 7.07. The van der Waals surface area contributed by atoms with Crippen molar-refractivity contribution in [2.45, 2.75) is 38.6 Å². The molecule has 0 spiro atoms. The molecule has 2 heterocycles. The minimum atomic E-state index is -0.397. The van der Waals surface area contributed by atoms with Gasteiger partial charge in [-0.3, -0.25) is 10.1 Å². The van der Waals surface area contributed by atoms with Gasteiger partial charge in [-0.2, -0.15) is 10.1 Å². The molecule has 2 aromatic heterocycles. The van der Waals surface area contributed by atoms with Gasteiger partial charge >= 0.3 is 0 Å². The summed E-state index contributed by atoms with van der Waals surface area (Å²) in [6.45, 7) is 2.29. The number of benzene rings is 1. The Morgan fingerprint density at radius 2 is 2.04 bits per heavy atom. The lowest BCUT2D eigenvalue weighted by Gasteiger charge is -2.26. The van der Waals surface area contributed by atoms with E-state index in [0.29, 0.717) is 28.7 Å². The van der Waals surface area contributed by atoms with Crippen molar-refractivity contribution in [1.29, 1.82) is 0 Å². The number of aromatic nitrogens is 4. The van der Waals surface area contributed by atoms with Crippen molar-refractivity contribution in [3.05, 3.63) is 46.8 Å². The Labute approximate surface area is 150 Å². The number of hydrogen-bond donors (Lipinski definition) is 1. The number of nitrogens with one attached hydrogen (secondary N) is 1. The Morgan fingerprint density at radius 3 is 2.81 bits per heavy atom. The van der Waals surface area contributed by atoms with Crippen LogP contribution < -0.4 is 5.32 Å². The second-order valence-corrected chi connectivity index (χ2v) is 6.86. The molecule has 3 aromatic rings. The third-order valence-corrected chi connectivity index (χ3v) is 4.99. The van der Waals surface area contributed by atoms with Crippen molar-refractivity contribution in [2.24, 2.45) is 5.92 Å². The van der Waals surface area contributed by atoms with Crippen molar-refractivity contribution in [2.75, 3.05) is 5.32 Å². The number of anilines is 1. The second-order valence-electron chi connectivity index (χ2n) is 6.86. The van der Waals surface area contributed by atoms with Gasteiger partial charge in [0.05, 0.1) is 22.0 Å². The van der Waals surface area contributed by atoms with E-state index in [4.69, 9.17) is 0 Å². The average Bonchev–Trinajstić information content (AvgIpc) is 3.08. The predicted octanol–water partition coefficient (Wildman–Crippen LogP) is 3.71. The summed E-state index contributed by atoms with van der Waals surface area (Å²) in [7, 11) is 0. The van der Waals surface area contributed by atoms with Crippen LogP contribution >= 0.6 is 0 Å². The predicted molar refractivity (Wildman–Crippen MR) is 98.4 cm³/mol. The van der Waals surface area contributed by atoms with Gasteiger partial charge < -0.3 is 5.32 Å². The lowest BCUT2D eigenvalue weighted by atomic mass is 9.87. The fourth-order valence-corrected chi connectivity index (χ4v) is 3.50. The Morgan fingerprint density at radius 1 is 1.23 bits per heavy atom. The van der Waals surface area contributed by atoms with E-state index in [9.17, 15) is 10.1 Å². The summed E-state index contributed by atoms with van der Waals surface area (Å²) < 4.78 is 1.61. The van der Waals surface area contributed by atoms with Crippen LogP contribution in [-0.2, 0) is 0 Å². The number of fused-ring (bicyclic) bond motifs is 1. The zero-order valence-corrected chi connectivity index (χ0v) is 14.5. The van der Waals surface area contributed by atoms with Crippen molar-refractivity contribution in [3.8, 4) is 5.82 Å². The van der Waals surface area contributed by atoms with Gasteiger partial charge in [0.2, 0.25) is 5.95 Å². The van der Waals surface area contributed by atoms with Gasteiger partial charge in [0.1, 0.15) is 0 Å². The van der Waals surface area contributed by atoms with Crippen LogP contribution in [0.2, 0.25) is 0 Å². The minimum Gasteiger partial charge on any atom is -0.351 e. The largest absolute Gasteiger partial charge is 0.351 e. The maximum absolute atomic E-state index is 11.2. The van der Waals surface area contributed by atoms with Crippen LogP contribution in [0, 0.1) is 16.0 Å². The average molecular weight is 352 g/mol. The molecule has 0 radical (unpaired) electrons. The molecule has 0 amide bonds. The van der Waals surface area contributed by atoms with Crippen molar-refractivity contribution in [1.82, 2.24) is 19.7 Å². The quantitative estimate of drug-likeness (QED) is 0.567. The van der Waals surface area contributed by atoms with Crippen molar-refractivity contribution >= 4 is 22.5 Å². The zero-order chi connectivity index (χ0) is 18.1. The number of rotatable bonds is 4. The van der Waals surface area contributed by atoms with E-state index in [1.54, 1.807) is 29.1 Å². The molecule has 26 heavy (non-hydrogen) atoms. The molecular weight excluding hydrogens is 332 g/mol. The number of nitro groups is 1. The highest BCUT2D eigenvalue weighted by molar-refractivity contribution is 5.88. The first-order valence-corrected chi connectivity index (χ1v) is 8.83. The van der Waals surface area contributed by atoms with Crippen LogP contribution in [0.15, 0.2) is 36.7 Å². The van der Waals surface area contributed by atoms with E-state index in [1.807, 2.05) is 0 Å². The molecule has 0 atom stereocenters. The van der Waals surface area contributed by atoms with E-state index >= 15 is 0 Å². The van der Waals surface area contributed by atoms with Gasteiger partial charge in [-0.1, -0.05) is 13.0 Å². The first-order chi connectivity index (χ1) is 12.6. The lowest BCUT2D eigenvalue weighted by molar-refractivity contribution is -0.383. The molecule has 1 saturated carbocycles. The maximum atomic E-state index is 11.2. The summed E-state index contributed by atoms with van der Waals surface area (Å²) in [5, 5.41) is 19.4. The highest BCUT2D eigenvalue weighted by atomic mass is 16.6. The van der Waals surface area contributed by atoms with Gasteiger partial charge in [0.15, 0.2) is 5.82 Å². The molecule has 4 rings (SSSR count). The second kappa shape index (κ2) is 6.70. The molecule has 134 valence electrons. The molecule has 1 N–H and O–H groups in total. The fourth-order valence-electron chi connectivity index (χ4n) is 3.50. The molecule has 0 aliphatic heterocycles. The number of hydrogen-bond acceptors (Lipinski definition) is 6. The molecular formula is C18H20N6O2. The normalized spacial score (nSPS) is 20.2. The van der Waals surface area contributed by atoms with Crippen LogP contribution in [0.5, 0.6) is 0 Å². The number of non-ortho nitro benzene ring substituents is 1. The van der Waals surface area contributed by atoms with Gasteiger partial charge in [-0.15, -0.1) is 0 Å². The fraction of sp³-hybridized carbons (Fsp3) is 0.389. The van der Waals surface area contributed by atoms with Crippen LogP contribution in [0.25, 0.3) is 16.7 Å². The summed E-state index contributed by atoms with van der Waals surface area (Å²) in [5.74, 6) is 1.94. The highest BCUT2D eigenvalue weighted by Crippen LogP contribution is 2.27. The number of nitro benzene ring substituents is 1. The van der Waals surface area contributed by atoms with Gasteiger partial charge in [-0.25, -0.2) is 9.67 Å². The first-order valence-electron chi connectivity index (χ1n) is 8.83. The van der Waals surface area contributed by atoms with Gasteiger partial charge in [0.25, 0.3) is 5.69 Å². The van der Waals surface area contributed by atoms with E-state index in [1.165, 1.54) is 25.1 Å². The molecule has 8 heteroatoms. The van der Waals surface area contributed by atoms with Gasteiger partial charge in [0, 0.05) is 24.4 Å². The van der Waals surface area contributed by atoms with Crippen LogP contribution in [-0.4, -0.2) is 30.7 Å². The SMILES string of the molecule is C[C@H]1CC[C@H](Nc2nccc(-n3ncc4c([N+](=O)[O-])cccc43)n2)CC1. The van der Waals surface area contributed by atoms with E-state index in [0.717, 1.165) is 18.8 Å². The Balaban J connectivity index is 1.64. The smallest absolute Gasteiger partial charge is 0.280 e. The minimum absolute atomic E-state index is 0.0393. The maximum Gasteiger partial charge on any atom is 0.280 e.